The van der Waals surface area contributed by atoms with E-state index in [2.05, 4.69) is 36.0 Å². The Hall–Kier alpha value is -1.97. The second kappa shape index (κ2) is 8.15. The van der Waals surface area contributed by atoms with Crippen molar-refractivity contribution in [2.45, 2.75) is 13.0 Å². The molecule has 1 saturated heterocycles. The summed E-state index contributed by atoms with van der Waals surface area (Å²) in [5.74, 6) is 0.268. The van der Waals surface area contributed by atoms with Gasteiger partial charge in [-0.2, -0.15) is 0 Å². The van der Waals surface area contributed by atoms with E-state index < -0.39 is 5.91 Å². The molecule has 9 heteroatoms. The topological polar surface area (TPSA) is 91.6 Å². The Morgan fingerprint density at radius 3 is 2.62 bits per heavy atom. The first kappa shape index (κ1) is 18.8. The second-order valence-corrected chi connectivity index (χ2v) is 7.88. The maximum Gasteiger partial charge on any atom is 0.251 e. The van der Waals surface area contributed by atoms with Crippen LogP contribution in [0.25, 0.3) is 0 Å². The molecule has 1 unspecified atom stereocenters. The first-order valence-corrected chi connectivity index (χ1v) is 9.91. The molecule has 1 fully saturated rings. The van der Waals surface area contributed by atoms with Crippen molar-refractivity contribution >= 4 is 49.9 Å². The quantitative estimate of drug-likeness (QED) is 0.747. The van der Waals surface area contributed by atoms with Gasteiger partial charge >= 0.3 is 0 Å². The summed E-state index contributed by atoms with van der Waals surface area (Å²) in [4.78, 5) is 32.7. The number of aromatic nitrogens is 1. The molecule has 7 nitrogen and oxygen atoms in total. The molecule has 2 aromatic rings. The standard InChI is InChI=1S/C17H20BrN5O2S/c1-11(16(25)21-17-13(15(19)24)4-9-26-17)22-5-7-23(8-6-22)14-3-2-12(18)10-20-14/h2-4,9-11H,5-8H2,1H3,(H2,19,24)(H,21,25). The number of primary amides is 1. The van der Waals surface area contributed by atoms with Crippen molar-refractivity contribution in [2.24, 2.45) is 5.73 Å². The molecule has 0 bridgehead atoms. The molecule has 26 heavy (non-hydrogen) atoms. The minimum absolute atomic E-state index is 0.134. The summed E-state index contributed by atoms with van der Waals surface area (Å²) in [6.07, 6.45) is 1.79. The highest BCUT2D eigenvalue weighted by Gasteiger charge is 2.27. The van der Waals surface area contributed by atoms with Crippen molar-refractivity contribution in [1.82, 2.24) is 9.88 Å². The number of carbonyl (C=O) groups is 2. The van der Waals surface area contributed by atoms with Crippen molar-refractivity contribution in [1.29, 1.82) is 0 Å². The number of carbonyl (C=O) groups excluding carboxylic acids is 2. The molecule has 0 aliphatic carbocycles. The highest BCUT2D eigenvalue weighted by Crippen LogP contribution is 2.23. The largest absolute Gasteiger partial charge is 0.366 e. The van der Waals surface area contributed by atoms with Gasteiger partial charge in [-0.25, -0.2) is 4.98 Å². The van der Waals surface area contributed by atoms with Crippen LogP contribution in [0.5, 0.6) is 0 Å². The lowest BCUT2D eigenvalue weighted by atomic mass is 10.2. The van der Waals surface area contributed by atoms with Gasteiger partial charge in [-0.05, 0) is 46.4 Å². The second-order valence-electron chi connectivity index (χ2n) is 6.05. The molecule has 3 N–H and O–H groups in total. The van der Waals surface area contributed by atoms with E-state index >= 15 is 0 Å². The molecule has 0 aromatic carbocycles. The molecule has 3 rings (SSSR count). The molecule has 3 heterocycles. The molecule has 1 aliphatic heterocycles. The highest BCUT2D eigenvalue weighted by atomic mass is 79.9. The number of nitrogens with one attached hydrogen (secondary N) is 1. The zero-order valence-electron chi connectivity index (χ0n) is 14.3. The highest BCUT2D eigenvalue weighted by molar-refractivity contribution is 9.10. The van der Waals surface area contributed by atoms with E-state index in [0.29, 0.717) is 10.6 Å². The molecule has 2 amide bonds. The van der Waals surface area contributed by atoms with Crippen LogP contribution in [-0.2, 0) is 4.79 Å². The van der Waals surface area contributed by atoms with Crippen LogP contribution in [-0.4, -0.2) is 53.9 Å². The Labute approximate surface area is 164 Å². The van der Waals surface area contributed by atoms with Gasteiger partial charge in [0.2, 0.25) is 5.91 Å². The number of rotatable bonds is 5. The fraction of sp³-hybridized carbons (Fsp3) is 0.353. The first-order chi connectivity index (χ1) is 12.5. The van der Waals surface area contributed by atoms with Gasteiger partial charge in [0.15, 0.2) is 0 Å². The van der Waals surface area contributed by atoms with Crippen LogP contribution in [0.2, 0.25) is 0 Å². The normalized spacial score (nSPS) is 16.3. The van der Waals surface area contributed by atoms with Crippen molar-refractivity contribution in [3.05, 3.63) is 39.8 Å². The Kier molecular flexibility index (Phi) is 5.90. The minimum atomic E-state index is -0.537. The van der Waals surface area contributed by atoms with Crippen LogP contribution in [0.4, 0.5) is 10.8 Å². The molecule has 2 aromatic heterocycles. The number of piperazine rings is 1. The van der Waals surface area contributed by atoms with Crippen LogP contribution >= 0.6 is 27.3 Å². The van der Waals surface area contributed by atoms with Gasteiger partial charge in [-0.1, -0.05) is 0 Å². The maximum atomic E-state index is 12.5. The average Bonchev–Trinajstić information content (AvgIpc) is 3.10. The number of amides is 2. The van der Waals surface area contributed by atoms with E-state index in [4.69, 9.17) is 5.73 Å². The molecular weight excluding hydrogens is 418 g/mol. The van der Waals surface area contributed by atoms with Gasteiger partial charge in [0.05, 0.1) is 11.6 Å². The zero-order valence-corrected chi connectivity index (χ0v) is 16.7. The van der Waals surface area contributed by atoms with Crippen molar-refractivity contribution in [3.63, 3.8) is 0 Å². The third-order valence-electron chi connectivity index (χ3n) is 4.44. The number of thiophene rings is 1. The Bertz CT molecular complexity index is 787. The fourth-order valence-electron chi connectivity index (χ4n) is 2.88. The number of hydrogen-bond donors (Lipinski definition) is 2. The van der Waals surface area contributed by atoms with Gasteiger partial charge in [0.25, 0.3) is 5.91 Å². The number of pyridine rings is 1. The van der Waals surface area contributed by atoms with Crippen LogP contribution in [0.15, 0.2) is 34.2 Å². The molecule has 0 spiro atoms. The van der Waals surface area contributed by atoms with E-state index in [1.54, 1.807) is 17.6 Å². The van der Waals surface area contributed by atoms with E-state index in [0.717, 1.165) is 36.5 Å². The molecule has 1 atom stereocenters. The number of nitrogens with two attached hydrogens (primary N) is 1. The SMILES string of the molecule is CC(C(=O)Nc1sccc1C(N)=O)N1CCN(c2ccc(Br)cn2)CC1. The Morgan fingerprint density at radius 1 is 1.27 bits per heavy atom. The van der Waals surface area contributed by atoms with Crippen LogP contribution in [0, 0.1) is 0 Å². The molecule has 1 aliphatic rings. The number of halogens is 1. The lowest BCUT2D eigenvalue weighted by molar-refractivity contribution is -0.120. The average molecular weight is 438 g/mol. The summed E-state index contributed by atoms with van der Waals surface area (Å²) in [5.41, 5.74) is 5.67. The maximum absolute atomic E-state index is 12.5. The Morgan fingerprint density at radius 2 is 2.00 bits per heavy atom. The summed E-state index contributed by atoms with van der Waals surface area (Å²) in [7, 11) is 0. The van der Waals surface area contributed by atoms with E-state index in [1.807, 2.05) is 19.1 Å². The third-order valence-corrected chi connectivity index (χ3v) is 5.74. The van der Waals surface area contributed by atoms with Gasteiger partial charge in [-0.3, -0.25) is 14.5 Å². The van der Waals surface area contributed by atoms with Crippen molar-refractivity contribution in [3.8, 4) is 0 Å². The van der Waals surface area contributed by atoms with Crippen LogP contribution < -0.4 is 16.0 Å². The van der Waals surface area contributed by atoms with E-state index in [1.165, 1.54) is 11.3 Å². The number of nitrogens with zero attached hydrogens (tertiary/aromatic N) is 3. The van der Waals surface area contributed by atoms with E-state index in [9.17, 15) is 9.59 Å². The van der Waals surface area contributed by atoms with Gasteiger partial charge in [0, 0.05) is 36.8 Å². The smallest absolute Gasteiger partial charge is 0.251 e. The third kappa shape index (κ3) is 4.22. The Balaban J connectivity index is 1.56. The van der Waals surface area contributed by atoms with Crippen LogP contribution in [0.3, 0.4) is 0 Å². The van der Waals surface area contributed by atoms with Gasteiger partial charge in [-0.15, -0.1) is 11.3 Å². The first-order valence-electron chi connectivity index (χ1n) is 8.24. The number of hydrogen-bond acceptors (Lipinski definition) is 6. The lowest BCUT2D eigenvalue weighted by Crippen LogP contribution is -2.53. The predicted molar refractivity (Wildman–Crippen MR) is 107 cm³/mol. The summed E-state index contributed by atoms with van der Waals surface area (Å²) in [6, 6.07) is 5.29. The van der Waals surface area contributed by atoms with Crippen molar-refractivity contribution in [2.75, 3.05) is 36.4 Å². The summed E-state index contributed by atoms with van der Waals surface area (Å²) in [5, 5.41) is 5.07. The monoisotopic (exact) mass is 437 g/mol. The molecular formula is C17H20BrN5O2S. The summed E-state index contributed by atoms with van der Waals surface area (Å²) < 4.78 is 0.953. The number of anilines is 2. The van der Waals surface area contributed by atoms with Crippen molar-refractivity contribution < 1.29 is 9.59 Å². The van der Waals surface area contributed by atoms with E-state index in [-0.39, 0.29) is 11.9 Å². The molecule has 0 radical (unpaired) electrons. The summed E-state index contributed by atoms with van der Waals surface area (Å²) in [6.45, 7) is 5.01. The minimum Gasteiger partial charge on any atom is -0.366 e. The van der Waals surface area contributed by atoms with Gasteiger partial charge in [0.1, 0.15) is 10.8 Å². The zero-order chi connectivity index (χ0) is 18.7. The lowest BCUT2D eigenvalue weighted by Gasteiger charge is -2.37. The predicted octanol–water partition coefficient (Wildman–Crippen LogP) is 2.15. The summed E-state index contributed by atoms with van der Waals surface area (Å²) >= 11 is 4.69. The fourth-order valence-corrected chi connectivity index (χ4v) is 3.91. The molecule has 0 saturated carbocycles. The van der Waals surface area contributed by atoms with Gasteiger partial charge < -0.3 is 16.0 Å². The van der Waals surface area contributed by atoms with Crippen LogP contribution in [0.1, 0.15) is 17.3 Å². The molecule has 138 valence electrons.